The highest BCUT2D eigenvalue weighted by molar-refractivity contribution is 7.90. The number of nitrogens with one attached hydrogen (secondary N) is 1. The van der Waals surface area contributed by atoms with E-state index in [4.69, 9.17) is 0 Å². The molecule has 0 aliphatic rings. The standard InChI is InChI=1S/C13H15N3O2S/c1-10-7-14-13(15-8-10)16-9-11-3-5-12(6-4-11)19(2,17)18/h3-8H,9H2,1-2H3,(H,14,15,16). The van der Waals surface area contributed by atoms with Gasteiger partial charge in [-0.15, -0.1) is 0 Å². The number of benzene rings is 1. The minimum atomic E-state index is -3.14. The zero-order chi connectivity index (χ0) is 13.9. The van der Waals surface area contributed by atoms with E-state index in [0.717, 1.165) is 11.1 Å². The van der Waals surface area contributed by atoms with Crippen LogP contribution >= 0.6 is 0 Å². The number of hydrogen-bond donors (Lipinski definition) is 1. The third-order valence-electron chi connectivity index (χ3n) is 2.58. The van der Waals surface area contributed by atoms with Crippen molar-refractivity contribution in [2.24, 2.45) is 0 Å². The lowest BCUT2D eigenvalue weighted by Crippen LogP contribution is -2.04. The Morgan fingerprint density at radius 3 is 2.21 bits per heavy atom. The van der Waals surface area contributed by atoms with Gasteiger partial charge in [0.1, 0.15) is 0 Å². The van der Waals surface area contributed by atoms with Crippen LogP contribution in [0, 0.1) is 6.92 Å². The van der Waals surface area contributed by atoms with Crippen molar-refractivity contribution < 1.29 is 8.42 Å². The van der Waals surface area contributed by atoms with Gasteiger partial charge in [0, 0.05) is 25.2 Å². The summed E-state index contributed by atoms with van der Waals surface area (Å²) in [6, 6.07) is 6.75. The number of aromatic nitrogens is 2. The van der Waals surface area contributed by atoms with Crippen molar-refractivity contribution in [1.82, 2.24) is 9.97 Å². The van der Waals surface area contributed by atoms with Gasteiger partial charge in [0.05, 0.1) is 4.90 Å². The molecule has 2 rings (SSSR count). The molecule has 0 atom stereocenters. The van der Waals surface area contributed by atoms with Crippen molar-refractivity contribution in [2.45, 2.75) is 18.4 Å². The van der Waals surface area contributed by atoms with Gasteiger partial charge in [-0.1, -0.05) is 12.1 Å². The first-order valence-corrected chi connectivity index (χ1v) is 7.66. The Morgan fingerprint density at radius 1 is 1.11 bits per heavy atom. The van der Waals surface area contributed by atoms with Crippen molar-refractivity contribution in [2.75, 3.05) is 11.6 Å². The van der Waals surface area contributed by atoms with Gasteiger partial charge in [-0.25, -0.2) is 18.4 Å². The third-order valence-corrected chi connectivity index (χ3v) is 3.71. The summed E-state index contributed by atoms with van der Waals surface area (Å²) in [5.74, 6) is 0.554. The lowest BCUT2D eigenvalue weighted by Gasteiger charge is -2.05. The number of hydrogen-bond acceptors (Lipinski definition) is 5. The van der Waals surface area contributed by atoms with Gasteiger partial charge in [-0.3, -0.25) is 0 Å². The second-order valence-electron chi connectivity index (χ2n) is 4.35. The summed E-state index contributed by atoms with van der Waals surface area (Å²) in [6.07, 6.45) is 4.67. The lowest BCUT2D eigenvalue weighted by molar-refractivity contribution is 0.602. The van der Waals surface area contributed by atoms with Crippen LogP contribution in [0.3, 0.4) is 0 Å². The van der Waals surface area contributed by atoms with Gasteiger partial charge in [0.15, 0.2) is 9.84 Å². The normalized spacial score (nSPS) is 11.3. The predicted molar refractivity (Wildman–Crippen MR) is 73.6 cm³/mol. The Labute approximate surface area is 112 Å². The van der Waals surface area contributed by atoms with E-state index in [-0.39, 0.29) is 0 Å². The van der Waals surface area contributed by atoms with Crippen LogP contribution in [0.5, 0.6) is 0 Å². The first-order valence-electron chi connectivity index (χ1n) is 5.77. The molecule has 0 amide bonds. The number of aryl methyl sites for hydroxylation is 1. The zero-order valence-corrected chi connectivity index (χ0v) is 11.6. The molecular weight excluding hydrogens is 262 g/mol. The zero-order valence-electron chi connectivity index (χ0n) is 10.8. The molecule has 5 nitrogen and oxygen atoms in total. The maximum absolute atomic E-state index is 11.3. The Balaban J connectivity index is 2.02. The van der Waals surface area contributed by atoms with Crippen LogP contribution < -0.4 is 5.32 Å². The first-order chi connectivity index (χ1) is 8.95. The minimum absolute atomic E-state index is 0.322. The molecule has 0 aliphatic carbocycles. The fraction of sp³-hybridized carbons (Fsp3) is 0.231. The Morgan fingerprint density at radius 2 is 1.68 bits per heavy atom. The van der Waals surface area contributed by atoms with Crippen LogP contribution in [0.4, 0.5) is 5.95 Å². The average Bonchev–Trinajstić information content (AvgIpc) is 2.37. The minimum Gasteiger partial charge on any atom is -0.350 e. The van der Waals surface area contributed by atoms with Gasteiger partial charge < -0.3 is 5.32 Å². The molecule has 0 aliphatic heterocycles. The van der Waals surface area contributed by atoms with E-state index in [1.165, 1.54) is 6.26 Å². The van der Waals surface area contributed by atoms with Gasteiger partial charge in [0.25, 0.3) is 0 Å². The molecule has 1 N–H and O–H groups in total. The predicted octanol–water partition coefficient (Wildman–Crippen LogP) is 1.80. The molecule has 6 heteroatoms. The van der Waals surface area contributed by atoms with Crippen LogP contribution in [0.15, 0.2) is 41.6 Å². The van der Waals surface area contributed by atoms with E-state index >= 15 is 0 Å². The summed E-state index contributed by atoms with van der Waals surface area (Å²) in [5.41, 5.74) is 1.97. The highest BCUT2D eigenvalue weighted by Gasteiger charge is 2.06. The van der Waals surface area contributed by atoms with Crippen LogP contribution in [-0.4, -0.2) is 24.6 Å². The highest BCUT2D eigenvalue weighted by atomic mass is 32.2. The Bertz CT molecular complexity index is 649. The monoisotopic (exact) mass is 277 g/mol. The van der Waals surface area contributed by atoms with Crippen LogP contribution in [0.2, 0.25) is 0 Å². The lowest BCUT2D eigenvalue weighted by atomic mass is 10.2. The molecule has 0 saturated carbocycles. The molecule has 1 aromatic carbocycles. The molecule has 100 valence electrons. The number of rotatable bonds is 4. The quantitative estimate of drug-likeness (QED) is 0.922. The molecule has 19 heavy (non-hydrogen) atoms. The van der Waals surface area contributed by atoms with Gasteiger partial charge in [-0.05, 0) is 30.2 Å². The second-order valence-corrected chi connectivity index (χ2v) is 6.37. The summed E-state index contributed by atoms with van der Waals surface area (Å²) in [5, 5.41) is 3.07. The van der Waals surface area contributed by atoms with E-state index in [1.54, 1.807) is 36.7 Å². The number of nitrogens with zero attached hydrogens (tertiary/aromatic N) is 2. The summed E-state index contributed by atoms with van der Waals surface area (Å²) >= 11 is 0. The first kappa shape index (κ1) is 13.5. The maximum atomic E-state index is 11.3. The molecule has 0 saturated heterocycles. The molecule has 0 bridgehead atoms. The molecule has 1 heterocycles. The summed E-state index contributed by atoms with van der Waals surface area (Å²) in [7, 11) is -3.14. The number of anilines is 1. The third kappa shape index (κ3) is 3.75. The van der Waals surface area contributed by atoms with E-state index in [0.29, 0.717) is 17.4 Å². The SMILES string of the molecule is Cc1cnc(NCc2ccc(S(C)(=O)=O)cc2)nc1. The average molecular weight is 277 g/mol. The van der Waals surface area contributed by atoms with Crippen LogP contribution in [-0.2, 0) is 16.4 Å². The molecule has 1 aromatic heterocycles. The Hall–Kier alpha value is -1.95. The maximum Gasteiger partial charge on any atom is 0.222 e. The second kappa shape index (κ2) is 5.36. The largest absolute Gasteiger partial charge is 0.350 e. The molecule has 0 unspecified atom stereocenters. The fourth-order valence-electron chi connectivity index (χ4n) is 1.52. The molecule has 2 aromatic rings. The van der Waals surface area contributed by atoms with Crippen molar-refractivity contribution in [3.8, 4) is 0 Å². The molecule has 0 radical (unpaired) electrons. The number of sulfone groups is 1. The van der Waals surface area contributed by atoms with E-state index < -0.39 is 9.84 Å². The van der Waals surface area contributed by atoms with Crippen molar-refractivity contribution >= 4 is 15.8 Å². The van der Waals surface area contributed by atoms with E-state index in [2.05, 4.69) is 15.3 Å². The summed E-state index contributed by atoms with van der Waals surface area (Å²) < 4.78 is 22.6. The topological polar surface area (TPSA) is 72.0 Å². The molecule has 0 spiro atoms. The van der Waals surface area contributed by atoms with Crippen molar-refractivity contribution in [3.05, 3.63) is 47.8 Å². The molecular formula is C13H15N3O2S. The smallest absolute Gasteiger partial charge is 0.222 e. The van der Waals surface area contributed by atoms with Crippen LogP contribution in [0.1, 0.15) is 11.1 Å². The highest BCUT2D eigenvalue weighted by Crippen LogP contribution is 2.11. The van der Waals surface area contributed by atoms with E-state index in [1.807, 2.05) is 6.92 Å². The van der Waals surface area contributed by atoms with Gasteiger partial charge in [-0.2, -0.15) is 0 Å². The van der Waals surface area contributed by atoms with Gasteiger partial charge in [0.2, 0.25) is 5.95 Å². The van der Waals surface area contributed by atoms with Crippen molar-refractivity contribution in [1.29, 1.82) is 0 Å². The van der Waals surface area contributed by atoms with Gasteiger partial charge >= 0.3 is 0 Å². The molecule has 0 fully saturated rings. The Kier molecular flexibility index (Phi) is 3.80. The fourth-order valence-corrected chi connectivity index (χ4v) is 2.15. The summed E-state index contributed by atoms with van der Waals surface area (Å²) in [6.45, 7) is 2.47. The van der Waals surface area contributed by atoms with Crippen molar-refractivity contribution in [3.63, 3.8) is 0 Å². The van der Waals surface area contributed by atoms with Crippen LogP contribution in [0.25, 0.3) is 0 Å². The summed E-state index contributed by atoms with van der Waals surface area (Å²) in [4.78, 5) is 8.59. The van der Waals surface area contributed by atoms with E-state index in [9.17, 15) is 8.42 Å².